The third kappa shape index (κ3) is 5.37. The van der Waals surface area contributed by atoms with E-state index in [1.807, 2.05) is 44.4 Å². The highest BCUT2D eigenvalue weighted by molar-refractivity contribution is 5.72. The van der Waals surface area contributed by atoms with Gasteiger partial charge in [0.2, 0.25) is 0 Å². The SMILES string of the molecule is CN(C)C=Nc1ccn([C@H]2C=C[C@@H](COC(=O)Cc3ccccc3)O2)c(=O)n1. The summed E-state index contributed by atoms with van der Waals surface area (Å²) < 4.78 is 12.4. The molecule has 0 saturated heterocycles. The minimum atomic E-state index is -0.593. The Bertz CT molecular complexity index is 921. The van der Waals surface area contributed by atoms with Crippen LogP contribution in [0.15, 0.2) is 64.5 Å². The molecule has 2 atom stereocenters. The predicted molar refractivity (Wildman–Crippen MR) is 104 cm³/mol. The van der Waals surface area contributed by atoms with Gasteiger partial charge in [0.05, 0.1) is 12.8 Å². The van der Waals surface area contributed by atoms with Gasteiger partial charge in [-0.15, -0.1) is 0 Å². The number of nitrogens with zero attached hydrogens (tertiary/aromatic N) is 4. The summed E-state index contributed by atoms with van der Waals surface area (Å²) in [5.74, 6) is -0.00286. The van der Waals surface area contributed by atoms with Crippen LogP contribution in [0.25, 0.3) is 0 Å². The third-order valence-electron chi connectivity index (χ3n) is 3.91. The van der Waals surface area contributed by atoms with Crippen molar-refractivity contribution in [2.75, 3.05) is 20.7 Å². The molecule has 0 aliphatic carbocycles. The molecule has 0 radical (unpaired) electrons. The Kier molecular flexibility index (Phi) is 6.33. The standard InChI is InChI=1S/C20H22N4O4/c1-23(2)14-21-17-10-11-24(20(26)22-17)18-9-8-16(28-18)13-27-19(25)12-15-6-4-3-5-7-15/h3-11,14,16,18H,12-13H2,1-2H3/t16-,18+/m0/s1. The van der Waals surface area contributed by atoms with Crippen molar-refractivity contribution in [1.29, 1.82) is 0 Å². The van der Waals surface area contributed by atoms with Gasteiger partial charge in [-0.2, -0.15) is 4.98 Å². The zero-order valence-electron chi connectivity index (χ0n) is 15.8. The Morgan fingerprint density at radius 3 is 2.79 bits per heavy atom. The topological polar surface area (TPSA) is 86.0 Å². The van der Waals surface area contributed by atoms with Gasteiger partial charge >= 0.3 is 11.7 Å². The minimum absolute atomic E-state index is 0.0893. The van der Waals surface area contributed by atoms with E-state index in [-0.39, 0.29) is 19.0 Å². The lowest BCUT2D eigenvalue weighted by atomic mass is 10.2. The number of carbonyl (C=O) groups is 1. The molecule has 0 unspecified atom stereocenters. The smallest absolute Gasteiger partial charge is 0.351 e. The lowest BCUT2D eigenvalue weighted by Crippen LogP contribution is -2.28. The number of aliphatic imine (C=N–C) groups is 1. The van der Waals surface area contributed by atoms with Crippen molar-refractivity contribution in [3.63, 3.8) is 0 Å². The summed E-state index contributed by atoms with van der Waals surface area (Å²) in [4.78, 5) is 33.9. The molecule has 0 N–H and O–H groups in total. The molecule has 3 rings (SSSR count). The maximum absolute atomic E-state index is 12.2. The van der Waals surface area contributed by atoms with Crippen molar-refractivity contribution in [2.45, 2.75) is 18.8 Å². The highest BCUT2D eigenvalue weighted by Gasteiger charge is 2.23. The molecule has 8 nitrogen and oxygen atoms in total. The Labute approximate surface area is 162 Å². The van der Waals surface area contributed by atoms with Gasteiger partial charge in [0.25, 0.3) is 0 Å². The predicted octanol–water partition coefficient (Wildman–Crippen LogP) is 1.70. The van der Waals surface area contributed by atoms with Crippen LogP contribution >= 0.6 is 0 Å². The second kappa shape index (κ2) is 9.09. The molecule has 146 valence electrons. The maximum Gasteiger partial charge on any atom is 0.351 e. The maximum atomic E-state index is 12.2. The van der Waals surface area contributed by atoms with Crippen LogP contribution in [0, 0.1) is 0 Å². The number of esters is 1. The van der Waals surface area contributed by atoms with Crippen molar-refractivity contribution < 1.29 is 14.3 Å². The number of hydrogen-bond acceptors (Lipinski definition) is 6. The summed E-state index contributed by atoms with van der Waals surface area (Å²) in [6.07, 6.45) is 5.85. The number of benzene rings is 1. The van der Waals surface area contributed by atoms with E-state index >= 15 is 0 Å². The molecule has 0 amide bonds. The second-order valence-corrected chi connectivity index (χ2v) is 6.48. The van der Waals surface area contributed by atoms with E-state index in [2.05, 4.69) is 9.98 Å². The molecular formula is C20H22N4O4. The van der Waals surface area contributed by atoms with E-state index < -0.39 is 18.0 Å². The molecule has 0 bridgehead atoms. The number of ether oxygens (including phenoxy) is 2. The van der Waals surface area contributed by atoms with Gasteiger partial charge in [0.1, 0.15) is 12.7 Å². The molecular weight excluding hydrogens is 360 g/mol. The van der Waals surface area contributed by atoms with Crippen LogP contribution in [0.2, 0.25) is 0 Å². The van der Waals surface area contributed by atoms with Crippen LogP contribution in [0.5, 0.6) is 0 Å². The number of aromatic nitrogens is 2. The highest BCUT2D eigenvalue weighted by atomic mass is 16.6. The van der Waals surface area contributed by atoms with Crippen molar-refractivity contribution >= 4 is 18.1 Å². The summed E-state index contributed by atoms with van der Waals surface area (Å²) in [5, 5.41) is 0. The van der Waals surface area contributed by atoms with E-state index in [1.54, 1.807) is 35.7 Å². The monoisotopic (exact) mass is 382 g/mol. The molecule has 1 aliphatic rings. The van der Waals surface area contributed by atoms with Crippen LogP contribution in [-0.2, 0) is 20.7 Å². The van der Waals surface area contributed by atoms with Gasteiger partial charge in [0, 0.05) is 20.3 Å². The molecule has 0 saturated carbocycles. The summed E-state index contributed by atoms with van der Waals surface area (Å²) in [6, 6.07) is 11.0. The molecule has 0 fully saturated rings. The molecule has 0 spiro atoms. The number of carbonyl (C=O) groups excluding carboxylic acids is 1. The largest absolute Gasteiger partial charge is 0.462 e. The molecule has 8 heteroatoms. The average molecular weight is 382 g/mol. The number of hydrogen-bond donors (Lipinski definition) is 0. The summed E-state index contributed by atoms with van der Waals surface area (Å²) >= 11 is 0. The fourth-order valence-corrected chi connectivity index (χ4v) is 2.57. The van der Waals surface area contributed by atoms with Crippen molar-refractivity contribution in [3.05, 3.63) is 70.8 Å². The Morgan fingerprint density at radius 1 is 1.29 bits per heavy atom. The lowest BCUT2D eigenvalue weighted by molar-refractivity contribution is -0.146. The molecule has 1 aromatic carbocycles. The summed E-state index contributed by atoms with van der Waals surface area (Å²) in [6.45, 7) is 0.0893. The van der Waals surface area contributed by atoms with E-state index in [0.29, 0.717) is 5.82 Å². The Morgan fingerprint density at radius 2 is 2.07 bits per heavy atom. The lowest BCUT2D eigenvalue weighted by Gasteiger charge is -2.16. The molecule has 1 aliphatic heterocycles. The Balaban J connectivity index is 1.52. The highest BCUT2D eigenvalue weighted by Crippen LogP contribution is 2.20. The van der Waals surface area contributed by atoms with E-state index in [4.69, 9.17) is 9.47 Å². The fourth-order valence-electron chi connectivity index (χ4n) is 2.57. The quantitative estimate of drug-likeness (QED) is 0.314. The van der Waals surface area contributed by atoms with Gasteiger partial charge in [-0.25, -0.2) is 9.79 Å². The zero-order chi connectivity index (χ0) is 19.9. The van der Waals surface area contributed by atoms with Gasteiger partial charge in [-0.3, -0.25) is 9.36 Å². The van der Waals surface area contributed by atoms with E-state index in [0.717, 1.165) is 5.56 Å². The van der Waals surface area contributed by atoms with Gasteiger partial charge in [-0.05, 0) is 17.7 Å². The van der Waals surface area contributed by atoms with Gasteiger partial charge < -0.3 is 14.4 Å². The summed E-state index contributed by atoms with van der Waals surface area (Å²) in [7, 11) is 3.66. The van der Waals surface area contributed by atoms with Crippen LogP contribution in [0.1, 0.15) is 11.8 Å². The van der Waals surface area contributed by atoms with Crippen molar-refractivity contribution in [1.82, 2.24) is 14.5 Å². The molecule has 2 heterocycles. The number of rotatable bonds is 7. The van der Waals surface area contributed by atoms with Crippen molar-refractivity contribution in [2.24, 2.45) is 4.99 Å². The first kappa shape index (κ1) is 19.5. The van der Waals surface area contributed by atoms with Crippen molar-refractivity contribution in [3.8, 4) is 0 Å². The molecule has 2 aromatic rings. The first-order chi connectivity index (χ1) is 13.5. The fraction of sp³-hybridized carbons (Fsp3) is 0.300. The Hall–Kier alpha value is -3.26. The molecule has 1 aromatic heterocycles. The third-order valence-corrected chi connectivity index (χ3v) is 3.91. The first-order valence-electron chi connectivity index (χ1n) is 8.84. The van der Waals surface area contributed by atoms with E-state index in [1.165, 1.54) is 4.57 Å². The minimum Gasteiger partial charge on any atom is -0.462 e. The normalized spacial score (nSPS) is 18.5. The first-order valence-corrected chi connectivity index (χ1v) is 8.84. The van der Waals surface area contributed by atoms with Gasteiger partial charge in [0.15, 0.2) is 12.0 Å². The van der Waals surface area contributed by atoms with E-state index in [9.17, 15) is 9.59 Å². The summed E-state index contributed by atoms with van der Waals surface area (Å²) in [5.41, 5.74) is 0.424. The average Bonchev–Trinajstić information content (AvgIpc) is 3.14. The van der Waals surface area contributed by atoms with Crippen LogP contribution in [0.4, 0.5) is 5.82 Å². The second-order valence-electron chi connectivity index (χ2n) is 6.48. The zero-order valence-corrected chi connectivity index (χ0v) is 15.8. The van der Waals surface area contributed by atoms with Crippen LogP contribution < -0.4 is 5.69 Å². The van der Waals surface area contributed by atoms with Gasteiger partial charge in [-0.1, -0.05) is 36.4 Å². The molecule has 28 heavy (non-hydrogen) atoms. The van der Waals surface area contributed by atoms with Crippen LogP contribution in [-0.4, -0.2) is 53.6 Å². The van der Waals surface area contributed by atoms with Crippen LogP contribution in [0.3, 0.4) is 0 Å².